The van der Waals surface area contributed by atoms with Crippen LogP contribution in [0.2, 0.25) is 15.2 Å². The summed E-state index contributed by atoms with van der Waals surface area (Å²) >= 11 is 18.3. The van der Waals surface area contributed by atoms with Gasteiger partial charge in [-0.05, 0) is 73.5 Å². The molecule has 2 heterocycles. The fraction of sp³-hybridized carbons (Fsp3) is 0.250. The molecule has 1 N–H and O–H groups in total. The number of nitrogens with zero attached hydrogens (tertiary/aromatic N) is 3. The van der Waals surface area contributed by atoms with Crippen molar-refractivity contribution in [3.63, 3.8) is 0 Å². The lowest BCUT2D eigenvalue weighted by Crippen LogP contribution is -2.41. The number of aromatic nitrogens is 1. The molecule has 1 amide bonds. The van der Waals surface area contributed by atoms with E-state index >= 15 is 0 Å². The minimum Gasteiger partial charge on any atom is -0.300 e. The van der Waals surface area contributed by atoms with E-state index in [1.807, 2.05) is 36.4 Å². The van der Waals surface area contributed by atoms with Crippen LogP contribution < -0.4 is 5.43 Å². The van der Waals surface area contributed by atoms with Gasteiger partial charge in [0, 0.05) is 45.7 Å². The lowest BCUT2D eigenvalue weighted by Gasteiger charge is -2.39. The number of carbonyl (C=O) groups excluding carboxylic acids is 1. The molecule has 1 saturated heterocycles. The summed E-state index contributed by atoms with van der Waals surface area (Å²) in [6.45, 7) is 2.85. The van der Waals surface area contributed by atoms with Crippen molar-refractivity contribution in [1.82, 2.24) is 15.3 Å². The Labute approximate surface area is 225 Å². The Morgan fingerprint density at radius 2 is 1.78 bits per heavy atom. The Kier molecular flexibility index (Phi) is 7.44. The van der Waals surface area contributed by atoms with Gasteiger partial charge in [-0.15, -0.1) is 0 Å². The highest BCUT2D eigenvalue weighted by Crippen LogP contribution is 2.47. The van der Waals surface area contributed by atoms with E-state index in [1.54, 1.807) is 6.07 Å². The third-order valence-electron chi connectivity index (χ3n) is 7.01. The molecule has 2 aliphatic rings. The Bertz CT molecular complexity index is 1330. The molecule has 0 unspecified atom stereocenters. The molecule has 36 heavy (non-hydrogen) atoms. The smallest absolute Gasteiger partial charge is 0.271 e. The van der Waals surface area contributed by atoms with Gasteiger partial charge in [0.25, 0.3) is 5.91 Å². The second-order valence-electron chi connectivity index (χ2n) is 9.27. The van der Waals surface area contributed by atoms with Gasteiger partial charge in [0.1, 0.15) is 5.15 Å². The van der Waals surface area contributed by atoms with E-state index < -0.39 is 0 Å². The predicted molar refractivity (Wildman–Crippen MR) is 147 cm³/mol. The van der Waals surface area contributed by atoms with Crippen LogP contribution in [0.25, 0.3) is 6.08 Å². The summed E-state index contributed by atoms with van der Waals surface area (Å²) in [5, 5.41) is 6.27. The fourth-order valence-electron chi connectivity index (χ4n) is 5.07. The average molecular weight is 540 g/mol. The summed E-state index contributed by atoms with van der Waals surface area (Å²) in [6, 6.07) is 17.0. The highest BCUT2D eigenvalue weighted by molar-refractivity contribution is 6.31. The fourth-order valence-corrected chi connectivity index (χ4v) is 5.54. The molecule has 0 saturated carbocycles. The summed E-state index contributed by atoms with van der Waals surface area (Å²) in [6.07, 6.45) is 8.62. The van der Waals surface area contributed by atoms with Gasteiger partial charge in [0.2, 0.25) is 0 Å². The number of rotatable bonds is 5. The van der Waals surface area contributed by atoms with Gasteiger partial charge in [0.05, 0.1) is 5.71 Å². The van der Waals surface area contributed by atoms with E-state index in [1.165, 1.54) is 17.8 Å². The van der Waals surface area contributed by atoms with Crippen molar-refractivity contribution < 1.29 is 4.79 Å². The number of likely N-dealkylation sites (tertiary alicyclic amines) is 1. The molecule has 0 bridgehead atoms. The van der Waals surface area contributed by atoms with Gasteiger partial charge in [0.15, 0.2) is 0 Å². The minimum atomic E-state index is -0.314. The molecule has 1 aromatic heterocycles. The molecular weight excluding hydrogens is 515 g/mol. The van der Waals surface area contributed by atoms with Gasteiger partial charge in [-0.2, -0.15) is 5.10 Å². The van der Waals surface area contributed by atoms with Gasteiger partial charge < -0.3 is 0 Å². The van der Waals surface area contributed by atoms with Crippen LogP contribution in [0.15, 0.2) is 72.0 Å². The quantitative estimate of drug-likeness (QED) is 0.293. The molecule has 184 valence electrons. The van der Waals surface area contributed by atoms with Crippen LogP contribution >= 0.6 is 34.8 Å². The first-order valence-electron chi connectivity index (χ1n) is 11.9. The first kappa shape index (κ1) is 25.0. The first-order valence-corrected chi connectivity index (χ1v) is 13.0. The number of pyridine rings is 1. The molecule has 1 aliphatic carbocycles. The van der Waals surface area contributed by atoms with Crippen LogP contribution in [0.4, 0.5) is 0 Å². The Balaban J connectivity index is 1.27. The molecule has 5 rings (SSSR count). The number of nitrogens with one attached hydrogen (secondary N) is 1. The highest BCUT2D eigenvalue weighted by atomic mass is 35.5. The number of benzene rings is 2. The molecule has 3 aromatic rings. The Morgan fingerprint density at radius 1 is 1.03 bits per heavy atom. The lowest BCUT2D eigenvalue weighted by molar-refractivity contribution is 0.0954. The van der Waals surface area contributed by atoms with E-state index in [-0.39, 0.29) is 16.5 Å². The van der Waals surface area contributed by atoms with Crippen LogP contribution in [0.1, 0.15) is 46.3 Å². The molecule has 5 nitrogen and oxygen atoms in total. The van der Waals surface area contributed by atoms with Crippen LogP contribution in [-0.2, 0) is 5.41 Å². The van der Waals surface area contributed by atoms with Crippen LogP contribution in [0, 0.1) is 0 Å². The molecule has 0 radical (unpaired) electrons. The van der Waals surface area contributed by atoms with Crippen molar-refractivity contribution in [2.24, 2.45) is 5.10 Å². The minimum absolute atomic E-state index is 0.0276. The molecule has 1 aliphatic heterocycles. The van der Waals surface area contributed by atoms with Crippen molar-refractivity contribution >= 4 is 52.5 Å². The number of amides is 1. The van der Waals surface area contributed by atoms with Crippen molar-refractivity contribution in [3.8, 4) is 0 Å². The van der Waals surface area contributed by atoms with Gasteiger partial charge >= 0.3 is 0 Å². The highest BCUT2D eigenvalue weighted by Gasteiger charge is 2.44. The number of halogens is 3. The van der Waals surface area contributed by atoms with Crippen molar-refractivity contribution in [2.75, 3.05) is 19.6 Å². The van der Waals surface area contributed by atoms with Gasteiger partial charge in [-0.25, -0.2) is 10.4 Å². The number of fused-ring (bicyclic) bond motifs is 2. The number of piperidine rings is 1. The lowest BCUT2D eigenvalue weighted by atomic mass is 9.74. The molecular formula is C28H25Cl3N4O. The second kappa shape index (κ2) is 10.7. The largest absolute Gasteiger partial charge is 0.300 e. The Hall–Kier alpha value is -2.70. The third-order valence-corrected chi connectivity index (χ3v) is 7.70. The summed E-state index contributed by atoms with van der Waals surface area (Å²) in [4.78, 5) is 19.0. The zero-order chi connectivity index (χ0) is 25.1. The van der Waals surface area contributed by atoms with Gasteiger partial charge in [-0.1, -0.05) is 65.2 Å². The maximum absolute atomic E-state index is 12.6. The topological polar surface area (TPSA) is 57.6 Å². The maximum Gasteiger partial charge on any atom is 0.271 e. The zero-order valence-electron chi connectivity index (χ0n) is 19.6. The third kappa shape index (κ3) is 5.50. The number of hydrogen-bond acceptors (Lipinski definition) is 4. The molecule has 1 fully saturated rings. The summed E-state index contributed by atoms with van der Waals surface area (Å²) in [5.74, 6) is -0.314. The Morgan fingerprint density at radius 3 is 2.53 bits per heavy atom. The normalized spacial score (nSPS) is 18.1. The summed E-state index contributed by atoms with van der Waals surface area (Å²) in [7, 11) is 0. The van der Waals surface area contributed by atoms with Gasteiger partial charge in [-0.3, -0.25) is 9.69 Å². The molecule has 2 aromatic carbocycles. The van der Waals surface area contributed by atoms with Crippen molar-refractivity contribution in [3.05, 3.63) is 104 Å². The second-order valence-corrected chi connectivity index (χ2v) is 10.5. The number of hydrogen-bond donors (Lipinski definition) is 1. The standard InChI is InChI=1S/C28H25Cl3N4O/c29-21-5-3-19(4-6-21)2-1-13-35-14-10-28(11-15-35)18-25(23-8-7-22(30)17-24(23)28)33-34-27(36)20-9-12-32-26(31)16-20/h1-9,12,16-17H,10-11,13-15,18H2,(H,34,36). The molecule has 8 heteroatoms. The van der Waals surface area contributed by atoms with Crippen LogP contribution in [-0.4, -0.2) is 41.1 Å². The first-order chi connectivity index (χ1) is 17.4. The van der Waals surface area contributed by atoms with E-state index in [0.717, 1.165) is 65.8 Å². The zero-order valence-corrected chi connectivity index (χ0v) is 21.8. The SMILES string of the molecule is O=C(NN=C1CC2(CCN(CC=Cc3ccc(Cl)cc3)CC2)c2cc(Cl)ccc21)c1ccnc(Cl)c1. The summed E-state index contributed by atoms with van der Waals surface area (Å²) < 4.78 is 0. The number of carbonyl (C=O) groups is 1. The predicted octanol–water partition coefficient (Wildman–Crippen LogP) is 6.63. The van der Waals surface area contributed by atoms with Crippen LogP contribution in [0.3, 0.4) is 0 Å². The van der Waals surface area contributed by atoms with Crippen LogP contribution in [0.5, 0.6) is 0 Å². The van der Waals surface area contributed by atoms with Crippen molar-refractivity contribution in [1.29, 1.82) is 0 Å². The summed E-state index contributed by atoms with van der Waals surface area (Å²) in [5.41, 5.74) is 7.41. The number of hydrazone groups is 1. The molecule has 1 spiro atoms. The van der Waals surface area contributed by atoms with E-state index in [2.05, 4.69) is 38.6 Å². The van der Waals surface area contributed by atoms with E-state index in [0.29, 0.717) is 5.56 Å². The average Bonchev–Trinajstić information content (AvgIpc) is 3.17. The van der Waals surface area contributed by atoms with Crippen molar-refractivity contribution in [2.45, 2.75) is 24.7 Å². The van der Waals surface area contributed by atoms with E-state index in [9.17, 15) is 4.79 Å². The monoisotopic (exact) mass is 538 g/mol. The maximum atomic E-state index is 12.6. The molecule has 0 atom stereocenters. The van der Waals surface area contributed by atoms with E-state index in [4.69, 9.17) is 34.8 Å².